The Balaban J connectivity index is 0.871. The SMILES string of the molecule is CC1(C)c2cc(-c3ccccc3)ccc2-c2ccc(N(c3ccc(-c4ccc(-c5ccc6oc7ccc8ccccc8c7c6c5)cc4)cc3)c3ccc4cc5ccccc5cc4c3)cc21. The molecule has 0 saturated carbocycles. The minimum absolute atomic E-state index is 0.179. The van der Waals surface area contributed by atoms with Gasteiger partial charge in [0.25, 0.3) is 0 Å². The van der Waals surface area contributed by atoms with Gasteiger partial charge < -0.3 is 9.32 Å². The Bertz CT molecular complexity index is 3840. The van der Waals surface area contributed by atoms with Crippen molar-refractivity contribution in [2.45, 2.75) is 19.3 Å². The molecule has 0 N–H and O–H groups in total. The average molecular weight is 830 g/mol. The topological polar surface area (TPSA) is 16.4 Å². The Hall–Kier alpha value is -8.20. The monoisotopic (exact) mass is 829 g/mol. The number of hydrogen-bond acceptors (Lipinski definition) is 2. The van der Waals surface area contributed by atoms with E-state index in [1.54, 1.807) is 0 Å². The van der Waals surface area contributed by atoms with Crippen molar-refractivity contribution in [3.63, 3.8) is 0 Å². The fourth-order valence-electron chi connectivity index (χ4n) is 10.6. The van der Waals surface area contributed by atoms with E-state index in [1.165, 1.54) is 93.3 Å². The maximum absolute atomic E-state index is 6.30. The van der Waals surface area contributed by atoms with Crippen molar-refractivity contribution in [1.82, 2.24) is 0 Å². The summed E-state index contributed by atoms with van der Waals surface area (Å²) in [7, 11) is 0. The van der Waals surface area contributed by atoms with E-state index in [-0.39, 0.29) is 5.41 Å². The van der Waals surface area contributed by atoms with Crippen LogP contribution in [0.2, 0.25) is 0 Å². The molecule has 1 aliphatic carbocycles. The summed E-state index contributed by atoms with van der Waals surface area (Å²) >= 11 is 0. The molecule has 0 amide bonds. The Morgan fingerprint density at radius 3 is 1.58 bits per heavy atom. The molecule has 1 aliphatic rings. The van der Waals surface area contributed by atoms with Crippen LogP contribution in [-0.2, 0) is 5.41 Å². The van der Waals surface area contributed by atoms with Gasteiger partial charge in [-0.2, -0.15) is 0 Å². The minimum atomic E-state index is -0.179. The number of benzene rings is 11. The molecule has 12 aromatic rings. The van der Waals surface area contributed by atoms with Gasteiger partial charge >= 0.3 is 0 Å². The molecule has 1 aromatic heterocycles. The molecule has 11 aromatic carbocycles. The Morgan fingerprint density at radius 1 is 0.323 bits per heavy atom. The molecule has 0 saturated heterocycles. The van der Waals surface area contributed by atoms with Crippen LogP contribution >= 0.6 is 0 Å². The highest BCUT2D eigenvalue weighted by atomic mass is 16.3. The van der Waals surface area contributed by atoms with Gasteiger partial charge in [-0.15, -0.1) is 0 Å². The van der Waals surface area contributed by atoms with Crippen LogP contribution in [-0.4, -0.2) is 0 Å². The molecule has 0 spiro atoms. The summed E-state index contributed by atoms with van der Waals surface area (Å²) in [5, 5.41) is 9.71. The van der Waals surface area contributed by atoms with Gasteiger partial charge in [0.1, 0.15) is 11.2 Å². The molecular formula is C63H43NO. The van der Waals surface area contributed by atoms with Crippen LogP contribution in [0.3, 0.4) is 0 Å². The van der Waals surface area contributed by atoms with E-state index >= 15 is 0 Å². The smallest absolute Gasteiger partial charge is 0.136 e. The highest BCUT2D eigenvalue weighted by Crippen LogP contribution is 2.52. The van der Waals surface area contributed by atoms with Gasteiger partial charge in [0.05, 0.1) is 0 Å². The molecule has 306 valence electrons. The fourth-order valence-corrected chi connectivity index (χ4v) is 10.6. The molecule has 0 radical (unpaired) electrons. The van der Waals surface area contributed by atoms with Gasteiger partial charge in [0, 0.05) is 33.2 Å². The second-order valence-corrected chi connectivity index (χ2v) is 18.1. The first-order chi connectivity index (χ1) is 31.9. The zero-order chi connectivity index (χ0) is 43.2. The second kappa shape index (κ2) is 14.4. The van der Waals surface area contributed by atoms with Gasteiger partial charge in [0.2, 0.25) is 0 Å². The molecule has 2 heteroatoms. The summed E-state index contributed by atoms with van der Waals surface area (Å²) in [5.74, 6) is 0. The van der Waals surface area contributed by atoms with Crippen LogP contribution in [0, 0.1) is 0 Å². The van der Waals surface area contributed by atoms with E-state index in [0.717, 1.165) is 33.6 Å². The second-order valence-electron chi connectivity index (χ2n) is 18.1. The molecule has 0 bridgehead atoms. The minimum Gasteiger partial charge on any atom is -0.456 e. The van der Waals surface area contributed by atoms with E-state index in [4.69, 9.17) is 4.42 Å². The van der Waals surface area contributed by atoms with Crippen molar-refractivity contribution in [1.29, 1.82) is 0 Å². The van der Waals surface area contributed by atoms with E-state index in [1.807, 2.05) is 0 Å². The normalized spacial score (nSPS) is 12.9. The standard InChI is InChI=1S/C63H43NO/c1-63(2)58-38-49(40-10-4-3-5-11-40)23-30-55(58)56-31-29-53(39-59(56)63)64(52-28-22-47-34-45-13-6-7-14-46(45)35-50(47)36-52)51-26-20-42(21-27-51)41-16-18-43(19-17-41)48-25-32-60-57(37-48)62-54-15-9-8-12-44(54)24-33-61(62)65-60/h3-39H,1-2H3. The molecular weight excluding hydrogens is 787 g/mol. The number of furan rings is 1. The predicted molar refractivity (Wildman–Crippen MR) is 275 cm³/mol. The molecule has 0 unspecified atom stereocenters. The van der Waals surface area contributed by atoms with Crippen LogP contribution in [0.1, 0.15) is 25.0 Å². The Kier molecular flexibility index (Phi) is 8.29. The lowest BCUT2D eigenvalue weighted by atomic mass is 9.81. The maximum Gasteiger partial charge on any atom is 0.136 e. The van der Waals surface area contributed by atoms with Gasteiger partial charge in [0.15, 0.2) is 0 Å². The van der Waals surface area contributed by atoms with Crippen LogP contribution in [0.4, 0.5) is 17.1 Å². The van der Waals surface area contributed by atoms with E-state index in [2.05, 4.69) is 243 Å². The number of nitrogens with zero attached hydrogens (tertiary/aromatic N) is 1. The van der Waals surface area contributed by atoms with Gasteiger partial charge in [-0.1, -0.05) is 166 Å². The van der Waals surface area contributed by atoms with E-state index in [0.29, 0.717) is 0 Å². The van der Waals surface area contributed by atoms with Crippen LogP contribution in [0.5, 0.6) is 0 Å². The van der Waals surface area contributed by atoms with Crippen LogP contribution in [0.15, 0.2) is 229 Å². The highest BCUT2D eigenvalue weighted by molar-refractivity contribution is 6.19. The summed E-state index contributed by atoms with van der Waals surface area (Å²) in [6.07, 6.45) is 0. The average Bonchev–Trinajstić information content (AvgIpc) is 3.85. The van der Waals surface area contributed by atoms with Crippen molar-refractivity contribution in [3.05, 3.63) is 236 Å². The first-order valence-electron chi connectivity index (χ1n) is 22.6. The van der Waals surface area contributed by atoms with Crippen molar-refractivity contribution in [2.75, 3.05) is 4.90 Å². The zero-order valence-electron chi connectivity index (χ0n) is 36.2. The lowest BCUT2D eigenvalue weighted by Gasteiger charge is -2.28. The van der Waals surface area contributed by atoms with Crippen molar-refractivity contribution >= 4 is 71.3 Å². The number of fused-ring (bicyclic) bond motifs is 10. The fraction of sp³-hybridized carbons (Fsp3) is 0.0476. The third-order valence-electron chi connectivity index (χ3n) is 14.0. The highest BCUT2D eigenvalue weighted by Gasteiger charge is 2.36. The lowest BCUT2D eigenvalue weighted by Crippen LogP contribution is -2.16. The number of hydrogen-bond donors (Lipinski definition) is 0. The van der Waals surface area contributed by atoms with Crippen molar-refractivity contribution in [2.24, 2.45) is 0 Å². The third-order valence-corrected chi connectivity index (χ3v) is 14.0. The molecule has 0 atom stereocenters. The Morgan fingerprint density at radius 2 is 0.815 bits per heavy atom. The molecule has 65 heavy (non-hydrogen) atoms. The van der Waals surface area contributed by atoms with Crippen LogP contribution in [0.25, 0.3) is 98.8 Å². The van der Waals surface area contributed by atoms with Gasteiger partial charge in [-0.3, -0.25) is 0 Å². The summed E-state index contributed by atoms with van der Waals surface area (Å²) < 4.78 is 6.30. The quantitative estimate of drug-likeness (QED) is 0.155. The Labute approximate surface area is 378 Å². The first-order valence-corrected chi connectivity index (χ1v) is 22.6. The summed E-state index contributed by atoms with van der Waals surface area (Å²) in [5.41, 5.74) is 17.6. The number of anilines is 3. The molecule has 2 nitrogen and oxygen atoms in total. The van der Waals surface area contributed by atoms with Gasteiger partial charge in [-0.25, -0.2) is 0 Å². The third kappa shape index (κ3) is 6.09. The van der Waals surface area contributed by atoms with Crippen molar-refractivity contribution in [3.8, 4) is 44.5 Å². The predicted octanol–water partition coefficient (Wildman–Crippen LogP) is 17.8. The first kappa shape index (κ1) is 37.4. The summed E-state index contributed by atoms with van der Waals surface area (Å²) in [6, 6.07) is 82.3. The lowest BCUT2D eigenvalue weighted by molar-refractivity contribution is 0.660. The number of rotatable bonds is 6. The van der Waals surface area contributed by atoms with Crippen molar-refractivity contribution < 1.29 is 4.42 Å². The summed E-state index contributed by atoms with van der Waals surface area (Å²) in [6.45, 7) is 4.75. The molecule has 13 rings (SSSR count). The molecule has 0 aliphatic heterocycles. The zero-order valence-corrected chi connectivity index (χ0v) is 36.2. The van der Waals surface area contributed by atoms with E-state index < -0.39 is 0 Å². The van der Waals surface area contributed by atoms with Crippen LogP contribution < -0.4 is 4.90 Å². The summed E-state index contributed by atoms with van der Waals surface area (Å²) in [4.78, 5) is 2.43. The molecule has 1 heterocycles. The van der Waals surface area contributed by atoms with Gasteiger partial charge in [-0.05, 0) is 161 Å². The largest absolute Gasteiger partial charge is 0.456 e. The molecule has 0 fully saturated rings. The maximum atomic E-state index is 6.30. The van der Waals surface area contributed by atoms with E-state index in [9.17, 15) is 0 Å².